The summed E-state index contributed by atoms with van der Waals surface area (Å²) >= 11 is 6.92. The maximum absolute atomic E-state index is 5.11. The van der Waals surface area contributed by atoms with Gasteiger partial charge in [0, 0.05) is 17.2 Å². The molecule has 0 spiro atoms. The van der Waals surface area contributed by atoms with E-state index in [4.69, 9.17) is 12.2 Å². The van der Waals surface area contributed by atoms with E-state index in [9.17, 15) is 0 Å². The number of rotatable bonds is 0. The van der Waals surface area contributed by atoms with Gasteiger partial charge in [-0.05, 0) is 11.6 Å². The summed E-state index contributed by atoms with van der Waals surface area (Å²) in [6.45, 7) is 0.877. The molecule has 1 N–H and O–H groups in total. The molecule has 1 nitrogen and oxygen atoms in total. The van der Waals surface area contributed by atoms with Crippen molar-refractivity contribution >= 4 is 29.0 Å². The van der Waals surface area contributed by atoms with Crippen LogP contribution in [0.3, 0.4) is 0 Å². The largest absolute Gasteiger partial charge is 0.375 e. The lowest BCUT2D eigenvalue weighted by atomic mass is 10.2. The van der Waals surface area contributed by atoms with Gasteiger partial charge in [0.2, 0.25) is 0 Å². The molecule has 1 aliphatic heterocycles. The molecule has 0 aliphatic carbocycles. The maximum Gasteiger partial charge on any atom is 0.0860 e. The predicted molar refractivity (Wildman–Crippen MR) is 56.6 cm³/mol. The first-order valence-corrected chi connectivity index (χ1v) is 5.23. The van der Waals surface area contributed by atoms with Gasteiger partial charge in [0.25, 0.3) is 0 Å². The molecular weight excluding hydrogens is 186 g/mol. The number of thiocarbonyl (C=S) groups is 1. The van der Waals surface area contributed by atoms with Crippen LogP contribution >= 0.6 is 24.0 Å². The average Bonchev–Trinajstić information content (AvgIpc) is 2.29. The Labute approximate surface area is 81.6 Å². The molecule has 0 fully saturated rings. The third-order valence-corrected chi connectivity index (χ3v) is 3.42. The molecule has 0 bridgehead atoms. The fourth-order valence-electron chi connectivity index (χ4n) is 1.18. The van der Waals surface area contributed by atoms with Crippen molar-refractivity contribution in [1.29, 1.82) is 0 Å². The van der Waals surface area contributed by atoms with Crippen LogP contribution in [0.2, 0.25) is 0 Å². The van der Waals surface area contributed by atoms with Gasteiger partial charge in [0.05, 0.1) is 4.99 Å². The van der Waals surface area contributed by atoms with E-state index in [2.05, 4.69) is 29.6 Å². The Morgan fingerprint density at radius 3 is 3.08 bits per heavy atom. The van der Waals surface area contributed by atoms with Gasteiger partial charge in [-0.25, -0.2) is 0 Å². The Morgan fingerprint density at radius 2 is 2.17 bits per heavy atom. The second-order valence-electron chi connectivity index (χ2n) is 2.67. The standard InChI is InChI=1S/C9H9NS2/c11-9-6-12-8-4-2-1-3-7(8)5-10-9/h1-4H,5-6H2,(H,10,11). The minimum absolute atomic E-state index is 0.877. The maximum atomic E-state index is 5.11. The molecular formula is C9H9NS2. The molecule has 0 atom stereocenters. The Balaban J connectivity index is 2.32. The molecule has 0 unspecified atom stereocenters. The van der Waals surface area contributed by atoms with Crippen LogP contribution in [0.4, 0.5) is 0 Å². The molecule has 62 valence electrons. The van der Waals surface area contributed by atoms with Crippen LogP contribution in [0.25, 0.3) is 0 Å². The van der Waals surface area contributed by atoms with Crippen molar-refractivity contribution in [2.24, 2.45) is 0 Å². The van der Waals surface area contributed by atoms with E-state index in [1.165, 1.54) is 10.5 Å². The van der Waals surface area contributed by atoms with Gasteiger partial charge < -0.3 is 5.32 Å². The van der Waals surface area contributed by atoms with E-state index in [0.29, 0.717) is 0 Å². The van der Waals surface area contributed by atoms with E-state index in [1.54, 1.807) is 0 Å². The Hall–Kier alpha value is -0.540. The van der Waals surface area contributed by atoms with Crippen molar-refractivity contribution in [1.82, 2.24) is 5.32 Å². The van der Waals surface area contributed by atoms with Crippen LogP contribution < -0.4 is 5.32 Å². The first kappa shape index (κ1) is 8.08. The Bertz CT molecular complexity index is 280. The fraction of sp³-hybridized carbons (Fsp3) is 0.222. The van der Waals surface area contributed by atoms with Crippen molar-refractivity contribution < 1.29 is 0 Å². The van der Waals surface area contributed by atoms with Gasteiger partial charge in [0.15, 0.2) is 0 Å². The molecule has 0 saturated heterocycles. The second-order valence-corrected chi connectivity index (χ2v) is 4.18. The Morgan fingerprint density at radius 1 is 1.33 bits per heavy atom. The molecule has 2 rings (SSSR count). The van der Waals surface area contributed by atoms with Gasteiger partial charge in [-0.3, -0.25) is 0 Å². The summed E-state index contributed by atoms with van der Waals surface area (Å²) in [6, 6.07) is 8.43. The van der Waals surface area contributed by atoms with E-state index in [-0.39, 0.29) is 0 Å². The van der Waals surface area contributed by atoms with Crippen LogP contribution in [0, 0.1) is 0 Å². The summed E-state index contributed by atoms with van der Waals surface area (Å²) in [6.07, 6.45) is 0. The second kappa shape index (κ2) is 3.46. The number of nitrogens with one attached hydrogen (secondary N) is 1. The normalized spacial score (nSPS) is 16.2. The van der Waals surface area contributed by atoms with Crippen LogP contribution in [0.1, 0.15) is 5.56 Å². The zero-order chi connectivity index (χ0) is 8.39. The summed E-state index contributed by atoms with van der Waals surface area (Å²) in [5.41, 5.74) is 1.35. The first-order valence-electron chi connectivity index (χ1n) is 3.83. The third kappa shape index (κ3) is 1.62. The molecule has 1 aliphatic rings. The van der Waals surface area contributed by atoms with Crippen molar-refractivity contribution in [3.63, 3.8) is 0 Å². The summed E-state index contributed by atoms with van der Waals surface area (Å²) in [5, 5.41) is 3.21. The van der Waals surface area contributed by atoms with Crippen molar-refractivity contribution in [3.8, 4) is 0 Å². The van der Waals surface area contributed by atoms with E-state index >= 15 is 0 Å². The zero-order valence-electron chi connectivity index (χ0n) is 6.54. The highest BCUT2D eigenvalue weighted by Gasteiger charge is 2.08. The highest BCUT2D eigenvalue weighted by molar-refractivity contribution is 8.01. The summed E-state index contributed by atoms with van der Waals surface area (Å²) in [7, 11) is 0. The van der Waals surface area contributed by atoms with Gasteiger partial charge in [-0.15, -0.1) is 11.8 Å². The minimum atomic E-state index is 0.877. The molecule has 3 heteroatoms. The quantitative estimate of drug-likeness (QED) is 0.637. The predicted octanol–water partition coefficient (Wildman–Crippen LogP) is 2.21. The molecule has 1 aromatic rings. The van der Waals surface area contributed by atoms with E-state index in [1.807, 2.05) is 11.8 Å². The molecule has 0 radical (unpaired) electrons. The van der Waals surface area contributed by atoms with Gasteiger partial charge in [-0.2, -0.15) is 0 Å². The first-order chi connectivity index (χ1) is 5.86. The molecule has 1 aromatic carbocycles. The molecule has 0 saturated carbocycles. The molecule has 0 amide bonds. The van der Waals surface area contributed by atoms with E-state index < -0.39 is 0 Å². The fourth-order valence-corrected chi connectivity index (χ4v) is 2.32. The lowest BCUT2D eigenvalue weighted by molar-refractivity contribution is 0.909. The monoisotopic (exact) mass is 195 g/mol. The molecule has 0 aromatic heterocycles. The molecule has 1 heterocycles. The van der Waals surface area contributed by atoms with Crippen LogP contribution in [0.5, 0.6) is 0 Å². The SMILES string of the molecule is S=C1CSc2ccccc2CN1. The summed E-state index contributed by atoms with van der Waals surface area (Å²) in [5.74, 6) is 0.909. The van der Waals surface area contributed by atoms with Gasteiger partial charge in [0.1, 0.15) is 0 Å². The van der Waals surface area contributed by atoms with Crippen LogP contribution in [-0.4, -0.2) is 10.7 Å². The van der Waals surface area contributed by atoms with Gasteiger partial charge in [-0.1, -0.05) is 30.4 Å². The topological polar surface area (TPSA) is 12.0 Å². The van der Waals surface area contributed by atoms with Crippen molar-refractivity contribution in [2.45, 2.75) is 11.4 Å². The van der Waals surface area contributed by atoms with Crippen molar-refractivity contribution in [2.75, 3.05) is 5.75 Å². The Kier molecular flexibility index (Phi) is 2.33. The number of hydrogen-bond acceptors (Lipinski definition) is 2. The van der Waals surface area contributed by atoms with Gasteiger partial charge >= 0.3 is 0 Å². The summed E-state index contributed by atoms with van der Waals surface area (Å²) in [4.78, 5) is 2.31. The number of benzene rings is 1. The third-order valence-electron chi connectivity index (χ3n) is 1.81. The van der Waals surface area contributed by atoms with Crippen LogP contribution in [0.15, 0.2) is 29.2 Å². The average molecular weight is 195 g/mol. The highest BCUT2D eigenvalue weighted by Crippen LogP contribution is 2.24. The lowest BCUT2D eigenvalue weighted by Gasteiger charge is -2.02. The number of hydrogen-bond donors (Lipinski definition) is 1. The lowest BCUT2D eigenvalue weighted by Crippen LogP contribution is -2.20. The summed E-state index contributed by atoms with van der Waals surface area (Å²) < 4.78 is 0. The zero-order valence-corrected chi connectivity index (χ0v) is 8.17. The van der Waals surface area contributed by atoms with Crippen molar-refractivity contribution in [3.05, 3.63) is 29.8 Å². The highest BCUT2D eigenvalue weighted by atomic mass is 32.2. The minimum Gasteiger partial charge on any atom is -0.375 e. The van der Waals surface area contributed by atoms with Crippen LogP contribution in [-0.2, 0) is 6.54 Å². The smallest absolute Gasteiger partial charge is 0.0860 e. The molecule has 12 heavy (non-hydrogen) atoms. The number of fused-ring (bicyclic) bond motifs is 1. The number of thioether (sulfide) groups is 1. The van der Waals surface area contributed by atoms with E-state index in [0.717, 1.165) is 17.3 Å².